The number of rotatable bonds is 6. The number of carbonyl (C=O) groups is 1. The summed E-state index contributed by atoms with van der Waals surface area (Å²) in [5.74, 6) is 0. The van der Waals surface area contributed by atoms with E-state index in [9.17, 15) is 4.79 Å². The van der Waals surface area contributed by atoms with Gasteiger partial charge in [0.2, 0.25) is 0 Å². The molecule has 2 heterocycles. The number of benzene rings is 1. The minimum Gasteiger partial charge on any atom is -0.378 e. The van der Waals surface area contributed by atoms with Crippen LogP contribution in [0.1, 0.15) is 24.4 Å². The molecule has 0 saturated carbocycles. The number of likely N-dealkylation sites (tertiary alicyclic amines) is 1. The number of urea groups is 1. The molecule has 1 atom stereocenters. The monoisotopic (exact) mass is 358 g/mol. The van der Waals surface area contributed by atoms with Crippen LogP contribution in [-0.4, -0.2) is 44.7 Å². The molecule has 1 aromatic carbocycles. The highest BCUT2D eigenvalue weighted by Crippen LogP contribution is 2.26. The Morgan fingerprint density at radius 3 is 2.52 bits per heavy atom. The number of carbonyl (C=O) groups excluding carboxylic acids is 1. The zero-order valence-electron chi connectivity index (χ0n) is 14.9. The van der Waals surface area contributed by atoms with E-state index in [4.69, 9.17) is 0 Å². The molecule has 0 aliphatic carbocycles. The van der Waals surface area contributed by atoms with Gasteiger partial charge in [-0.05, 0) is 61.1 Å². The molecule has 1 saturated heterocycles. The van der Waals surface area contributed by atoms with E-state index in [0.717, 1.165) is 18.1 Å². The van der Waals surface area contributed by atoms with E-state index < -0.39 is 0 Å². The number of nitrogens with zero attached hydrogens (tertiary/aromatic N) is 2. The first-order valence-corrected chi connectivity index (χ1v) is 9.61. The lowest BCUT2D eigenvalue weighted by Crippen LogP contribution is -2.38. The predicted octanol–water partition coefficient (Wildman–Crippen LogP) is 3.77. The van der Waals surface area contributed by atoms with Gasteiger partial charge in [-0.1, -0.05) is 12.1 Å². The molecule has 0 spiro atoms. The van der Waals surface area contributed by atoms with Gasteiger partial charge in [-0.2, -0.15) is 0 Å². The molecule has 2 aromatic rings. The van der Waals surface area contributed by atoms with E-state index in [2.05, 4.69) is 44.7 Å². The maximum Gasteiger partial charge on any atom is 0.319 e. The summed E-state index contributed by atoms with van der Waals surface area (Å²) >= 11 is 1.52. The largest absolute Gasteiger partial charge is 0.378 e. The van der Waals surface area contributed by atoms with Crippen LogP contribution in [0.2, 0.25) is 0 Å². The van der Waals surface area contributed by atoms with Gasteiger partial charge >= 0.3 is 6.03 Å². The molecule has 5 nitrogen and oxygen atoms in total. The number of hydrogen-bond acceptors (Lipinski definition) is 4. The number of thiophene rings is 1. The Hall–Kier alpha value is -2.05. The summed E-state index contributed by atoms with van der Waals surface area (Å²) in [6, 6.07) is 12.6. The quantitative estimate of drug-likeness (QED) is 0.826. The Balaban J connectivity index is 1.65. The number of nitrogens with one attached hydrogen (secondary N) is 2. The average molecular weight is 359 g/mol. The fraction of sp³-hybridized carbons (Fsp3) is 0.421. The zero-order valence-corrected chi connectivity index (χ0v) is 15.7. The van der Waals surface area contributed by atoms with E-state index >= 15 is 0 Å². The van der Waals surface area contributed by atoms with Gasteiger partial charge in [0.05, 0.1) is 11.0 Å². The minimum atomic E-state index is -0.142. The molecule has 134 valence electrons. The van der Waals surface area contributed by atoms with Crippen molar-refractivity contribution < 1.29 is 4.79 Å². The van der Waals surface area contributed by atoms with Crippen molar-refractivity contribution in [3.63, 3.8) is 0 Å². The van der Waals surface area contributed by atoms with E-state index in [0.29, 0.717) is 6.54 Å². The number of hydrogen-bond donors (Lipinski definition) is 2. The smallest absolute Gasteiger partial charge is 0.319 e. The summed E-state index contributed by atoms with van der Waals surface area (Å²) in [5.41, 5.74) is 2.44. The standard InChI is InChI=1S/C19H26N4OS/c1-22(2)16-9-7-15(8-10-16)17(23-11-3-4-12-23)14-20-19(24)21-18-6-5-13-25-18/h5-10,13,17H,3-4,11-12,14H2,1-2H3,(H2,20,21,24)/t17-/m0/s1. The van der Waals surface area contributed by atoms with Gasteiger partial charge in [0.15, 0.2) is 0 Å². The summed E-state index contributed by atoms with van der Waals surface area (Å²) in [7, 11) is 4.09. The van der Waals surface area contributed by atoms with E-state index in [-0.39, 0.29) is 12.1 Å². The molecule has 3 rings (SSSR count). The van der Waals surface area contributed by atoms with Crippen molar-refractivity contribution in [1.82, 2.24) is 10.2 Å². The van der Waals surface area contributed by atoms with Crippen LogP contribution < -0.4 is 15.5 Å². The number of amides is 2. The molecular formula is C19H26N4OS. The average Bonchev–Trinajstić information content (AvgIpc) is 3.29. The van der Waals surface area contributed by atoms with Crippen LogP contribution in [0.4, 0.5) is 15.5 Å². The SMILES string of the molecule is CN(C)c1ccc([C@H](CNC(=O)Nc2cccs2)N2CCCC2)cc1. The minimum absolute atomic E-state index is 0.142. The Kier molecular flexibility index (Phi) is 5.94. The zero-order chi connectivity index (χ0) is 17.6. The molecule has 6 heteroatoms. The van der Waals surface area contributed by atoms with Gasteiger partial charge < -0.3 is 10.2 Å². The van der Waals surface area contributed by atoms with Crippen LogP contribution in [0, 0.1) is 0 Å². The van der Waals surface area contributed by atoms with Crippen LogP contribution in [0.25, 0.3) is 0 Å². The van der Waals surface area contributed by atoms with Gasteiger partial charge in [0.25, 0.3) is 0 Å². The first-order chi connectivity index (χ1) is 12.1. The van der Waals surface area contributed by atoms with Crippen molar-refractivity contribution in [2.75, 3.05) is 43.9 Å². The summed E-state index contributed by atoms with van der Waals surface area (Å²) in [6.07, 6.45) is 2.46. The molecule has 1 aliphatic rings. The van der Waals surface area contributed by atoms with Crippen molar-refractivity contribution in [1.29, 1.82) is 0 Å². The van der Waals surface area contributed by atoms with Crippen molar-refractivity contribution >= 4 is 28.1 Å². The third-order valence-electron chi connectivity index (χ3n) is 4.59. The van der Waals surface area contributed by atoms with Crippen molar-refractivity contribution in [2.45, 2.75) is 18.9 Å². The van der Waals surface area contributed by atoms with Crippen molar-refractivity contribution in [3.8, 4) is 0 Å². The fourth-order valence-electron chi connectivity index (χ4n) is 3.20. The first-order valence-electron chi connectivity index (χ1n) is 8.73. The lowest BCUT2D eigenvalue weighted by Gasteiger charge is -2.28. The van der Waals surface area contributed by atoms with Gasteiger partial charge in [-0.3, -0.25) is 10.2 Å². The Labute approximate surface area is 153 Å². The summed E-state index contributed by atoms with van der Waals surface area (Å²) in [4.78, 5) is 16.7. The third kappa shape index (κ3) is 4.74. The van der Waals surface area contributed by atoms with Gasteiger partial charge in [0, 0.05) is 26.3 Å². The van der Waals surface area contributed by atoms with Crippen LogP contribution in [-0.2, 0) is 0 Å². The van der Waals surface area contributed by atoms with E-state index in [1.165, 1.54) is 35.4 Å². The third-order valence-corrected chi connectivity index (χ3v) is 5.37. The molecule has 2 amide bonds. The highest BCUT2D eigenvalue weighted by Gasteiger charge is 2.24. The Morgan fingerprint density at radius 2 is 1.92 bits per heavy atom. The highest BCUT2D eigenvalue weighted by atomic mass is 32.1. The highest BCUT2D eigenvalue weighted by molar-refractivity contribution is 7.14. The van der Waals surface area contributed by atoms with Crippen LogP contribution in [0.3, 0.4) is 0 Å². The topological polar surface area (TPSA) is 47.6 Å². The molecule has 0 radical (unpaired) electrons. The van der Waals surface area contributed by atoms with E-state index in [1.807, 2.05) is 31.6 Å². The molecule has 2 N–H and O–H groups in total. The fourth-order valence-corrected chi connectivity index (χ4v) is 3.81. The van der Waals surface area contributed by atoms with Gasteiger partial charge in [0.1, 0.15) is 0 Å². The molecule has 25 heavy (non-hydrogen) atoms. The second-order valence-corrected chi connectivity index (χ2v) is 7.50. The summed E-state index contributed by atoms with van der Waals surface area (Å²) in [6.45, 7) is 2.79. The lowest BCUT2D eigenvalue weighted by atomic mass is 10.0. The molecule has 1 aliphatic heterocycles. The molecule has 1 aromatic heterocycles. The van der Waals surface area contributed by atoms with Crippen LogP contribution in [0.15, 0.2) is 41.8 Å². The molecule has 0 bridgehead atoms. The molecule has 0 unspecified atom stereocenters. The summed E-state index contributed by atoms with van der Waals surface area (Å²) in [5, 5.41) is 8.74. The first kappa shape index (κ1) is 17.8. The lowest BCUT2D eigenvalue weighted by molar-refractivity contribution is 0.227. The maximum absolute atomic E-state index is 12.2. The van der Waals surface area contributed by atoms with Gasteiger partial charge in [-0.25, -0.2) is 4.79 Å². The predicted molar refractivity (Wildman–Crippen MR) is 106 cm³/mol. The number of anilines is 2. The van der Waals surface area contributed by atoms with E-state index in [1.54, 1.807) is 0 Å². The maximum atomic E-state index is 12.2. The van der Waals surface area contributed by atoms with Crippen LogP contribution >= 0.6 is 11.3 Å². The normalized spacial score (nSPS) is 15.8. The second-order valence-electron chi connectivity index (χ2n) is 6.56. The Bertz CT molecular complexity index is 663. The molecule has 1 fully saturated rings. The Morgan fingerprint density at radius 1 is 1.20 bits per heavy atom. The van der Waals surface area contributed by atoms with Crippen LogP contribution in [0.5, 0.6) is 0 Å². The summed E-state index contributed by atoms with van der Waals surface area (Å²) < 4.78 is 0. The van der Waals surface area contributed by atoms with Gasteiger partial charge in [-0.15, -0.1) is 11.3 Å². The van der Waals surface area contributed by atoms with Crippen molar-refractivity contribution in [2.24, 2.45) is 0 Å². The van der Waals surface area contributed by atoms with Crippen molar-refractivity contribution in [3.05, 3.63) is 47.3 Å². The molecular weight excluding hydrogens is 332 g/mol. The second kappa shape index (κ2) is 8.36.